The standard InChI is InChI=1S/C13H19NS/c1-13(2,14)7-10-5-3-4-6-12(10)11-8-15-9-11/h3-6,11H,7-9,14H2,1-2H3. The summed E-state index contributed by atoms with van der Waals surface area (Å²) in [5, 5.41) is 0. The Kier molecular flexibility index (Phi) is 3.08. The van der Waals surface area contributed by atoms with E-state index in [2.05, 4.69) is 38.1 Å². The molecule has 15 heavy (non-hydrogen) atoms. The molecule has 0 atom stereocenters. The van der Waals surface area contributed by atoms with Crippen molar-refractivity contribution in [1.82, 2.24) is 0 Å². The summed E-state index contributed by atoms with van der Waals surface area (Å²) < 4.78 is 0. The highest BCUT2D eigenvalue weighted by Crippen LogP contribution is 2.36. The average Bonchev–Trinajstić information content (AvgIpc) is 2.02. The first-order valence-corrected chi connectivity index (χ1v) is 6.66. The summed E-state index contributed by atoms with van der Waals surface area (Å²) in [7, 11) is 0. The highest BCUT2D eigenvalue weighted by atomic mass is 32.2. The maximum absolute atomic E-state index is 6.09. The van der Waals surface area contributed by atoms with E-state index in [-0.39, 0.29) is 5.54 Å². The van der Waals surface area contributed by atoms with Crippen molar-refractivity contribution in [1.29, 1.82) is 0 Å². The summed E-state index contributed by atoms with van der Waals surface area (Å²) in [6.45, 7) is 4.19. The summed E-state index contributed by atoms with van der Waals surface area (Å²) in [4.78, 5) is 0. The summed E-state index contributed by atoms with van der Waals surface area (Å²) >= 11 is 2.04. The van der Waals surface area contributed by atoms with E-state index in [0.717, 1.165) is 12.3 Å². The Balaban J connectivity index is 2.21. The van der Waals surface area contributed by atoms with Crippen LogP contribution < -0.4 is 5.73 Å². The lowest BCUT2D eigenvalue weighted by atomic mass is 9.88. The average molecular weight is 221 g/mol. The van der Waals surface area contributed by atoms with Crippen LogP contribution in [-0.2, 0) is 6.42 Å². The molecular formula is C13H19NS. The van der Waals surface area contributed by atoms with E-state index in [1.54, 1.807) is 0 Å². The molecule has 0 aromatic heterocycles. The van der Waals surface area contributed by atoms with E-state index in [1.807, 2.05) is 11.8 Å². The first-order valence-electron chi connectivity index (χ1n) is 5.51. The second-order valence-corrected chi connectivity index (χ2v) is 6.17. The Bertz CT molecular complexity index is 337. The van der Waals surface area contributed by atoms with Crippen LogP contribution in [0.1, 0.15) is 30.9 Å². The van der Waals surface area contributed by atoms with Gasteiger partial charge in [0.15, 0.2) is 0 Å². The van der Waals surface area contributed by atoms with Gasteiger partial charge in [0, 0.05) is 23.0 Å². The molecule has 1 aromatic rings. The lowest BCUT2D eigenvalue weighted by Gasteiger charge is -2.29. The van der Waals surface area contributed by atoms with Gasteiger partial charge in [0.05, 0.1) is 0 Å². The van der Waals surface area contributed by atoms with Crippen LogP contribution in [0.4, 0.5) is 0 Å². The maximum Gasteiger partial charge on any atom is 0.0138 e. The Morgan fingerprint density at radius 2 is 2.00 bits per heavy atom. The molecule has 82 valence electrons. The summed E-state index contributed by atoms with van der Waals surface area (Å²) in [6.07, 6.45) is 0.977. The zero-order valence-corrected chi connectivity index (χ0v) is 10.3. The summed E-state index contributed by atoms with van der Waals surface area (Å²) in [5.41, 5.74) is 8.95. The summed E-state index contributed by atoms with van der Waals surface area (Å²) in [6, 6.07) is 8.76. The predicted molar refractivity (Wildman–Crippen MR) is 68.5 cm³/mol. The molecule has 1 fully saturated rings. The Labute approximate surface area is 96.4 Å². The van der Waals surface area contributed by atoms with Crippen LogP contribution in [0.5, 0.6) is 0 Å². The molecule has 1 aliphatic rings. The number of thioether (sulfide) groups is 1. The predicted octanol–water partition coefficient (Wildman–Crippen LogP) is 2.80. The van der Waals surface area contributed by atoms with E-state index in [9.17, 15) is 0 Å². The van der Waals surface area contributed by atoms with E-state index in [0.29, 0.717) is 0 Å². The Morgan fingerprint density at radius 1 is 1.33 bits per heavy atom. The fourth-order valence-corrected chi connectivity index (χ4v) is 2.83. The lowest BCUT2D eigenvalue weighted by molar-refractivity contribution is 0.513. The zero-order valence-electron chi connectivity index (χ0n) is 9.49. The first-order chi connectivity index (χ1) is 7.06. The van der Waals surface area contributed by atoms with Gasteiger partial charge in [-0.1, -0.05) is 24.3 Å². The van der Waals surface area contributed by atoms with Crippen LogP contribution in [0.2, 0.25) is 0 Å². The fourth-order valence-electron chi connectivity index (χ4n) is 2.00. The molecule has 1 nitrogen and oxygen atoms in total. The fraction of sp³-hybridized carbons (Fsp3) is 0.538. The number of nitrogens with two attached hydrogens (primary N) is 1. The van der Waals surface area contributed by atoms with Crippen molar-refractivity contribution >= 4 is 11.8 Å². The van der Waals surface area contributed by atoms with Crippen molar-refractivity contribution in [3.63, 3.8) is 0 Å². The highest BCUT2D eigenvalue weighted by molar-refractivity contribution is 8.00. The van der Waals surface area contributed by atoms with Crippen molar-refractivity contribution in [2.45, 2.75) is 31.7 Å². The molecule has 2 N–H and O–H groups in total. The molecule has 0 amide bonds. The van der Waals surface area contributed by atoms with Gasteiger partial charge in [-0.25, -0.2) is 0 Å². The van der Waals surface area contributed by atoms with Crippen molar-refractivity contribution in [3.05, 3.63) is 35.4 Å². The van der Waals surface area contributed by atoms with Crippen molar-refractivity contribution in [3.8, 4) is 0 Å². The minimum absolute atomic E-state index is 0.104. The van der Waals surface area contributed by atoms with Gasteiger partial charge in [0.25, 0.3) is 0 Å². The van der Waals surface area contributed by atoms with Crippen LogP contribution in [0.15, 0.2) is 24.3 Å². The van der Waals surface area contributed by atoms with Gasteiger partial charge >= 0.3 is 0 Å². The molecule has 0 saturated carbocycles. The highest BCUT2D eigenvalue weighted by Gasteiger charge is 2.24. The van der Waals surface area contributed by atoms with Gasteiger partial charge in [-0.3, -0.25) is 0 Å². The third kappa shape index (κ3) is 2.76. The normalized spacial score (nSPS) is 17.5. The van der Waals surface area contributed by atoms with Gasteiger partial charge < -0.3 is 5.73 Å². The molecule has 2 heteroatoms. The molecular weight excluding hydrogens is 202 g/mol. The van der Waals surface area contributed by atoms with Gasteiger partial charge in [-0.2, -0.15) is 11.8 Å². The smallest absolute Gasteiger partial charge is 0.0138 e. The van der Waals surface area contributed by atoms with Crippen LogP contribution in [-0.4, -0.2) is 17.0 Å². The largest absolute Gasteiger partial charge is 0.325 e. The van der Waals surface area contributed by atoms with Gasteiger partial charge in [-0.05, 0) is 31.4 Å². The van der Waals surface area contributed by atoms with Gasteiger partial charge in [0.1, 0.15) is 0 Å². The molecule has 0 bridgehead atoms. The van der Waals surface area contributed by atoms with Crippen LogP contribution in [0.3, 0.4) is 0 Å². The number of rotatable bonds is 3. The molecule has 1 heterocycles. The second-order valence-electron chi connectivity index (χ2n) is 5.10. The van der Waals surface area contributed by atoms with Crippen LogP contribution in [0, 0.1) is 0 Å². The second kappa shape index (κ2) is 4.18. The number of hydrogen-bond acceptors (Lipinski definition) is 2. The van der Waals surface area contributed by atoms with E-state index in [1.165, 1.54) is 22.6 Å². The topological polar surface area (TPSA) is 26.0 Å². The Hall–Kier alpha value is -0.470. The molecule has 0 radical (unpaired) electrons. The first kappa shape index (κ1) is 11.0. The molecule has 1 aliphatic heterocycles. The van der Waals surface area contributed by atoms with Crippen LogP contribution in [0.25, 0.3) is 0 Å². The van der Waals surface area contributed by atoms with E-state index >= 15 is 0 Å². The SMILES string of the molecule is CC(C)(N)Cc1ccccc1C1CSC1. The molecule has 1 saturated heterocycles. The van der Waals surface area contributed by atoms with Crippen LogP contribution >= 0.6 is 11.8 Å². The Morgan fingerprint density at radius 3 is 2.53 bits per heavy atom. The molecule has 0 unspecified atom stereocenters. The quantitative estimate of drug-likeness (QED) is 0.849. The third-order valence-electron chi connectivity index (χ3n) is 2.78. The molecule has 0 aliphatic carbocycles. The number of hydrogen-bond donors (Lipinski definition) is 1. The van der Waals surface area contributed by atoms with Crippen molar-refractivity contribution in [2.24, 2.45) is 5.73 Å². The maximum atomic E-state index is 6.09. The summed E-state index contributed by atoms with van der Waals surface area (Å²) in [5.74, 6) is 3.33. The number of benzene rings is 1. The van der Waals surface area contributed by atoms with Crippen molar-refractivity contribution < 1.29 is 0 Å². The zero-order chi connectivity index (χ0) is 10.9. The van der Waals surface area contributed by atoms with Gasteiger partial charge in [-0.15, -0.1) is 0 Å². The van der Waals surface area contributed by atoms with Gasteiger partial charge in [0.2, 0.25) is 0 Å². The monoisotopic (exact) mass is 221 g/mol. The minimum atomic E-state index is -0.104. The lowest BCUT2D eigenvalue weighted by Crippen LogP contribution is -2.35. The minimum Gasteiger partial charge on any atom is -0.325 e. The molecule has 2 rings (SSSR count). The molecule has 1 aromatic carbocycles. The van der Waals surface area contributed by atoms with E-state index < -0.39 is 0 Å². The molecule has 0 spiro atoms. The van der Waals surface area contributed by atoms with E-state index in [4.69, 9.17) is 5.73 Å². The third-order valence-corrected chi connectivity index (χ3v) is 4.06. The van der Waals surface area contributed by atoms with Crippen molar-refractivity contribution in [2.75, 3.05) is 11.5 Å².